The zero-order valence-corrected chi connectivity index (χ0v) is 14.3. The average Bonchev–Trinajstić information content (AvgIpc) is 3.07. The van der Waals surface area contributed by atoms with Crippen molar-refractivity contribution in [2.75, 3.05) is 30.3 Å². The fourth-order valence-corrected chi connectivity index (χ4v) is 3.79. The number of nitro benzene ring substituents is 1. The second kappa shape index (κ2) is 7.21. The maximum Gasteiger partial charge on any atom is 0.293 e. The molecular formula is C16H20N4O3S. The number of carbonyl (C=O) groups excluding carboxylic acids is 1. The molecule has 0 saturated carbocycles. The molecule has 2 aliphatic heterocycles. The molecule has 1 amide bonds. The summed E-state index contributed by atoms with van der Waals surface area (Å²) < 4.78 is 0. The van der Waals surface area contributed by atoms with Gasteiger partial charge in [0.25, 0.3) is 11.6 Å². The maximum absolute atomic E-state index is 12.3. The van der Waals surface area contributed by atoms with E-state index in [9.17, 15) is 14.9 Å². The molecule has 1 aromatic rings. The number of benzene rings is 1. The lowest BCUT2D eigenvalue weighted by Crippen LogP contribution is -2.34. The Balaban J connectivity index is 1.84. The number of nitrogens with one attached hydrogen (secondary N) is 1. The van der Waals surface area contributed by atoms with E-state index < -0.39 is 4.92 Å². The van der Waals surface area contributed by atoms with Crippen molar-refractivity contribution in [2.24, 2.45) is 10.9 Å². The molecule has 8 heteroatoms. The SMILES string of the molecule is C[C@H]1CCCN(c2ccc(C(=O)NC3=NCCS3)cc2[N+](=O)[O-])C1. The van der Waals surface area contributed by atoms with Crippen LogP contribution in [0.4, 0.5) is 11.4 Å². The summed E-state index contributed by atoms with van der Waals surface area (Å²) in [7, 11) is 0. The fourth-order valence-electron chi connectivity index (χ4n) is 3.07. The van der Waals surface area contributed by atoms with E-state index in [4.69, 9.17) is 0 Å². The van der Waals surface area contributed by atoms with Gasteiger partial charge in [-0.05, 0) is 30.9 Å². The van der Waals surface area contributed by atoms with E-state index in [2.05, 4.69) is 17.2 Å². The first kappa shape index (κ1) is 16.8. The van der Waals surface area contributed by atoms with E-state index in [1.807, 2.05) is 4.90 Å². The standard InChI is InChI=1S/C16H20N4O3S/c1-11-3-2-7-19(10-11)13-5-4-12(9-14(13)20(22)23)15(21)18-16-17-6-8-24-16/h4-5,9,11H,2-3,6-8,10H2,1H3,(H,17,18,21)/t11-/m0/s1. The summed E-state index contributed by atoms with van der Waals surface area (Å²) in [4.78, 5) is 29.6. The third-order valence-corrected chi connectivity index (χ3v) is 5.13. The van der Waals surface area contributed by atoms with Gasteiger partial charge in [-0.3, -0.25) is 19.9 Å². The number of rotatable bonds is 3. The van der Waals surface area contributed by atoms with Gasteiger partial charge >= 0.3 is 0 Å². The molecule has 1 N–H and O–H groups in total. The molecule has 1 fully saturated rings. The van der Waals surface area contributed by atoms with Crippen molar-refractivity contribution in [1.82, 2.24) is 5.32 Å². The number of hydrogen-bond donors (Lipinski definition) is 1. The van der Waals surface area contributed by atoms with Crippen LogP contribution >= 0.6 is 11.8 Å². The predicted molar refractivity (Wildman–Crippen MR) is 95.9 cm³/mol. The van der Waals surface area contributed by atoms with Crippen LogP contribution in [0.2, 0.25) is 0 Å². The summed E-state index contributed by atoms with van der Waals surface area (Å²) in [5.41, 5.74) is 0.860. The number of aliphatic imine (C=N–C) groups is 1. The molecule has 2 aliphatic rings. The van der Waals surface area contributed by atoms with Crippen LogP contribution in [-0.2, 0) is 0 Å². The molecule has 0 aromatic heterocycles. The zero-order valence-electron chi connectivity index (χ0n) is 13.5. The fraction of sp³-hybridized carbons (Fsp3) is 0.500. The van der Waals surface area contributed by atoms with Gasteiger partial charge in [-0.1, -0.05) is 18.7 Å². The molecule has 0 radical (unpaired) electrons. The number of amidine groups is 1. The predicted octanol–water partition coefficient (Wildman–Crippen LogP) is 2.66. The van der Waals surface area contributed by atoms with Gasteiger partial charge < -0.3 is 10.2 Å². The first-order valence-corrected chi connectivity index (χ1v) is 9.05. The highest BCUT2D eigenvalue weighted by atomic mass is 32.2. The van der Waals surface area contributed by atoms with Crippen LogP contribution in [0.3, 0.4) is 0 Å². The van der Waals surface area contributed by atoms with Gasteiger partial charge in [0.05, 0.1) is 11.5 Å². The number of anilines is 1. The highest BCUT2D eigenvalue weighted by Gasteiger charge is 2.25. The lowest BCUT2D eigenvalue weighted by molar-refractivity contribution is -0.384. The smallest absolute Gasteiger partial charge is 0.293 e. The Morgan fingerprint density at radius 1 is 1.50 bits per heavy atom. The van der Waals surface area contributed by atoms with Gasteiger partial charge in [0.1, 0.15) is 5.69 Å². The van der Waals surface area contributed by atoms with Gasteiger partial charge in [-0.25, -0.2) is 0 Å². The van der Waals surface area contributed by atoms with Gasteiger partial charge in [0.15, 0.2) is 5.17 Å². The van der Waals surface area contributed by atoms with Crippen LogP contribution < -0.4 is 10.2 Å². The molecule has 2 heterocycles. The van der Waals surface area contributed by atoms with Gasteiger partial charge in [-0.2, -0.15) is 0 Å². The minimum absolute atomic E-state index is 0.0160. The minimum atomic E-state index is -0.410. The van der Waals surface area contributed by atoms with E-state index in [-0.39, 0.29) is 17.2 Å². The van der Waals surface area contributed by atoms with Crippen LogP contribution in [0.1, 0.15) is 30.1 Å². The van der Waals surface area contributed by atoms with Crippen molar-refractivity contribution in [3.05, 3.63) is 33.9 Å². The third kappa shape index (κ3) is 3.69. The number of nitrogens with zero attached hydrogens (tertiary/aromatic N) is 3. The van der Waals surface area contributed by atoms with Gasteiger partial charge in [0, 0.05) is 30.5 Å². The second-order valence-corrected chi connectivity index (χ2v) is 7.23. The van der Waals surface area contributed by atoms with Crippen LogP contribution in [0, 0.1) is 16.0 Å². The lowest BCUT2D eigenvalue weighted by Gasteiger charge is -2.32. The number of thioether (sulfide) groups is 1. The Labute approximate surface area is 144 Å². The average molecular weight is 348 g/mol. The summed E-state index contributed by atoms with van der Waals surface area (Å²) in [6.07, 6.45) is 2.17. The third-order valence-electron chi connectivity index (χ3n) is 4.24. The quantitative estimate of drug-likeness (QED) is 0.670. The molecule has 128 valence electrons. The molecule has 24 heavy (non-hydrogen) atoms. The summed E-state index contributed by atoms with van der Waals surface area (Å²) in [6.45, 7) is 4.45. The molecule has 0 spiro atoms. The minimum Gasteiger partial charge on any atom is -0.366 e. The highest BCUT2D eigenvalue weighted by molar-refractivity contribution is 8.14. The zero-order chi connectivity index (χ0) is 17.1. The van der Waals surface area contributed by atoms with E-state index in [1.165, 1.54) is 17.8 Å². The van der Waals surface area contributed by atoms with Crippen LogP contribution in [0.25, 0.3) is 0 Å². The Bertz CT molecular complexity index is 692. The summed E-state index contributed by atoms with van der Waals surface area (Å²) in [6, 6.07) is 4.70. The van der Waals surface area contributed by atoms with Crippen molar-refractivity contribution in [2.45, 2.75) is 19.8 Å². The number of carbonyl (C=O) groups is 1. The number of piperidine rings is 1. The molecule has 1 atom stereocenters. The van der Waals surface area contributed by atoms with Crippen molar-refractivity contribution in [1.29, 1.82) is 0 Å². The number of nitro groups is 1. The van der Waals surface area contributed by atoms with Crippen molar-refractivity contribution >= 4 is 34.2 Å². The van der Waals surface area contributed by atoms with Crippen molar-refractivity contribution in [3.63, 3.8) is 0 Å². The van der Waals surface area contributed by atoms with Gasteiger partial charge in [-0.15, -0.1) is 0 Å². The van der Waals surface area contributed by atoms with Crippen LogP contribution in [-0.4, -0.2) is 41.4 Å². The van der Waals surface area contributed by atoms with E-state index >= 15 is 0 Å². The topological polar surface area (TPSA) is 87.8 Å². The molecule has 0 unspecified atom stereocenters. The van der Waals surface area contributed by atoms with Crippen LogP contribution in [0.5, 0.6) is 0 Å². The van der Waals surface area contributed by atoms with Gasteiger partial charge in [0.2, 0.25) is 0 Å². The molecular weight excluding hydrogens is 328 g/mol. The molecule has 0 aliphatic carbocycles. The second-order valence-electron chi connectivity index (χ2n) is 6.14. The normalized spacial score (nSPS) is 20.6. The van der Waals surface area contributed by atoms with Crippen molar-refractivity contribution < 1.29 is 9.72 Å². The highest BCUT2D eigenvalue weighted by Crippen LogP contribution is 2.32. The molecule has 7 nitrogen and oxygen atoms in total. The first-order valence-electron chi connectivity index (χ1n) is 8.06. The summed E-state index contributed by atoms with van der Waals surface area (Å²) in [5.74, 6) is 1.01. The van der Waals surface area contributed by atoms with E-state index in [0.29, 0.717) is 23.3 Å². The molecule has 3 rings (SSSR count). The first-order chi connectivity index (χ1) is 11.5. The monoisotopic (exact) mass is 348 g/mol. The van der Waals surface area contributed by atoms with Crippen LogP contribution in [0.15, 0.2) is 23.2 Å². The number of amides is 1. The largest absolute Gasteiger partial charge is 0.366 e. The Morgan fingerprint density at radius 2 is 2.33 bits per heavy atom. The maximum atomic E-state index is 12.3. The lowest BCUT2D eigenvalue weighted by atomic mass is 9.99. The van der Waals surface area contributed by atoms with Crippen molar-refractivity contribution in [3.8, 4) is 0 Å². The Hall–Kier alpha value is -2.09. The Morgan fingerprint density at radius 3 is 3.00 bits per heavy atom. The number of hydrogen-bond acceptors (Lipinski definition) is 6. The molecule has 1 saturated heterocycles. The summed E-state index contributed by atoms with van der Waals surface area (Å²) >= 11 is 1.48. The Kier molecular flexibility index (Phi) is 5.03. The molecule has 1 aromatic carbocycles. The van der Waals surface area contributed by atoms with E-state index in [0.717, 1.165) is 31.7 Å². The van der Waals surface area contributed by atoms with E-state index in [1.54, 1.807) is 12.1 Å². The molecule has 0 bridgehead atoms. The summed E-state index contributed by atoms with van der Waals surface area (Å²) in [5, 5.41) is 14.8.